The van der Waals surface area contributed by atoms with Crippen LogP contribution in [0.2, 0.25) is 0 Å². The number of aryl methyl sites for hydroxylation is 3. The van der Waals surface area contributed by atoms with Crippen LogP contribution >= 0.6 is 0 Å². The van der Waals surface area contributed by atoms with Crippen molar-refractivity contribution in [2.24, 2.45) is 0 Å². The first-order valence-electron chi connectivity index (χ1n) is 9.19. The van der Waals surface area contributed by atoms with Gasteiger partial charge in [-0.05, 0) is 43.9 Å². The molecule has 132 valence electrons. The summed E-state index contributed by atoms with van der Waals surface area (Å²) >= 11 is 0. The Kier molecular flexibility index (Phi) is 4.57. The van der Waals surface area contributed by atoms with Crippen molar-refractivity contribution in [3.63, 3.8) is 0 Å². The van der Waals surface area contributed by atoms with E-state index in [1.165, 1.54) is 22.4 Å². The maximum Gasteiger partial charge on any atom is 0.232 e. The molecule has 2 aromatic carbocycles. The summed E-state index contributed by atoms with van der Waals surface area (Å²) < 4.78 is 0. The third-order valence-corrected chi connectivity index (χ3v) is 4.75. The van der Waals surface area contributed by atoms with Gasteiger partial charge in [0.2, 0.25) is 5.95 Å². The van der Waals surface area contributed by atoms with Crippen molar-refractivity contribution in [1.29, 1.82) is 0 Å². The molecule has 0 amide bonds. The van der Waals surface area contributed by atoms with Gasteiger partial charge < -0.3 is 10.2 Å². The Balaban J connectivity index is 1.59. The van der Waals surface area contributed by atoms with Gasteiger partial charge in [-0.1, -0.05) is 48.0 Å². The van der Waals surface area contributed by atoms with Gasteiger partial charge in [0.25, 0.3) is 0 Å². The second kappa shape index (κ2) is 7.16. The first-order valence-corrected chi connectivity index (χ1v) is 9.19. The van der Waals surface area contributed by atoms with E-state index < -0.39 is 0 Å². The summed E-state index contributed by atoms with van der Waals surface area (Å²) in [7, 11) is 0. The molecule has 1 aromatic heterocycles. The fourth-order valence-corrected chi connectivity index (χ4v) is 3.52. The molecule has 0 spiro atoms. The Morgan fingerprint density at radius 3 is 2.77 bits per heavy atom. The lowest BCUT2D eigenvalue weighted by molar-refractivity contribution is 0.749. The molecule has 0 unspecified atom stereocenters. The van der Waals surface area contributed by atoms with Crippen LogP contribution in [-0.4, -0.2) is 16.5 Å². The summed E-state index contributed by atoms with van der Waals surface area (Å²) in [5.41, 5.74) is 6.11. The van der Waals surface area contributed by atoms with Crippen molar-refractivity contribution in [3.05, 3.63) is 77.0 Å². The van der Waals surface area contributed by atoms with Crippen molar-refractivity contribution in [3.8, 4) is 0 Å². The van der Waals surface area contributed by atoms with Crippen LogP contribution in [0.5, 0.6) is 0 Å². The number of aromatic nitrogens is 2. The molecular formula is C22H24N4. The molecule has 0 saturated carbocycles. The van der Waals surface area contributed by atoms with Crippen LogP contribution in [0.25, 0.3) is 0 Å². The second-order valence-corrected chi connectivity index (χ2v) is 6.92. The predicted octanol–water partition coefficient (Wildman–Crippen LogP) is 4.79. The number of hydrogen-bond acceptors (Lipinski definition) is 4. The zero-order valence-electron chi connectivity index (χ0n) is 15.4. The summed E-state index contributed by atoms with van der Waals surface area (Å²) in [6.07, 6.45) is 2.25. The lowest BCUT2D eigenvalue weighted by Gasteiger charge is -2.29. The number of anilines is 3. The Labute approximate surface area is 154 Å². The molecule has 1 N–H and O–H groups in total. The average molecular weight is 344 g/mol. The van der Waals surface area contributed by atoms with E-state index >= 15 is 0 Å². The Bertz CT molecular complexity index is 920. The molecule has 0 radical (unpaired) electrons. The van der Waals surface area contributed by atoms with Gasteiger partial charge in [-0.3, -0.25) is 0 Å². The van der Waals surface area contributed by atoms with Crippen molar-refractivity contribution < 1.29 is 0 Å². The molecule has 0 atom stereocenters. The Hall–Kier alpha value is -2.88. The largest absolute Gasteiger partial charge is 0.366 e. The van der Waals surface area contributed by atoms with Crippen LogP contribution < -0.4 is 10.2 Å². The van der Waals surface area contributed by atoms with E-state index in [0.717, 1.165) is 43.4 Å². The van der Waals surface area contributed by atoms with Crippen LogP contribution in [0.15, 0.2) is 54.6 Å². The minimum absolute atomic E-state index is 0.758. The highest BCUT2D eigenvalue weighted by Crippen LogP contribution is 2.31. The topological polar surface area (TPSA) is 41.1 Å². The quantitative estimate of drug-likeness (QED) is 0.739. The lowest BCUT2D eigenvalue weighted by Crippen LogP contribution is -2.26. The minimum atomic E-state index is 0.758. The molecule has 2 heterocycles. The Morgan fingerprint density at radius 2 is 1.88 bits per heavy atom. The highest BCUT2D eigenvalue weighted by Gasteiger charge is 2.20. The maximum absolute atomic E-state index is 4.80. The first-order chi connectivity index (χ1) is 12.7. The number of nitrogens with zero attached hydrogens (tertiary/aromatic N) is 3. The van der Waals surface area contributed by atoms with Crippen molar-refractivity contribution >= 4 is 17.5 Å². The molecule has 26 heavy (non-hydrogen) atoms. The van der Waals surface area contributed by atoms with Crippen LogP contribution in [0, 0.1) is 13.8 Å². The number of para-hydroxylation sites is 1. The monoisotopic (exact) mass is 344 g/mol. The number of hydrogen-bond donors (Lipinski definition) is 1. The summed E-state index contributed by atoms with van der Waals surface area (Å²) in [5, 5.41) is 3.45. The molecule has 1 aliphatic heterocycles. The molecule has 4 rings (SSSR count). The highest BCUT2D eigenvalue weighted by atomic mass is 15.3. The summed E-state index contributed by atoms with van der Waals surface area (Å²) in [6.45, 7) is 5.86. The van der Waals surface area contributed by atoms with Crippen LogP contribution in [-0.2, 0) is 13.0 Å². The molecule has 0 bridgehead atoms. The van der Waals surface area contributed by atoms with E-state index in [0.29, 0.717) is 0 Å². The van der Waals surface area contributed by atoms with Crippen molar-refractivity contribution in [2.75, 3.05) is 16.8 Å². The number of fused-ring (bicyclic) bond motifs is 1. The summed E-state index contributed by atoms with van der Waals surface area (Å²) in [6, 6.07) is 19.1. The smallest absolute Gasteiger partial charge is 0.232 e. The maximum atomic E-state index is 4.80. The zero-order valence-corrected chi connectivity index (χ0v) is 15.4. The summed E-state index contributed by atoms with van der Waals surface area (Å²) in [4.78, 5) is 11.7. The van der Waals surface area contributed by atoms with E-state index in [9.17, 15) is 0 Å². The molecular weight excluding hydrogens is 320 g/mol. The van der Waals surface area contributed by atoms with Gasteiger partial charge in [-0.15, -0.1) is 0 Å². The van der Waals surface area contributed by atoms with E-state index in [-0.39, 0.29) is 0 Å². The number of benzene rings is 2. The van der Waals surface area contributed by atoms with Gasteiger partial charge in [0.05, 0.1) is 0 Å². The van der Waals surface area contributed by atoms with Crippen LogP contribution in [0.3, 0.4) is 0 Å². The number of rotatable bonds is 4. The Morgan fingerprint density at radius 1 is 1.00 bits per heavy atom. The van der Waals surface area contributed by atoms with E-state index in [1.54, 1.807) is 0 Å². The molecule has 4 nitrogen and oxygen atoms in total. The van der Waals surface area contributed by atoms with Gasteiger partial charge in [-0.25, -0.2) is 4.98 Å². The summed E-state index contributed by atoms with van der Waals surface area (Å²) in [5.74, 6) is 1.65. The first kappa shape index (κ1) is 16.6. The third-order valence-electron chi connectivity index (χ3n) is 4.75. The molecule has 3 aromatic rings. The van der Waals surface area contributed by atoms with Gasteiger partial charge in [0.1, 0.15) is 5.82 Å². The molecule has 0 fully saturated rings. The SMILES string of the molecule is Cc1cccc(CNc2cc(C)nc(N3CCCc4ccccc43)n2)c1. The fraction of sp³-hybridized carbons (Fsp3) is 0.273. The lowest BCUT2D eigenvalue weighted by atomic mass is 10.0. The minimum Gasteiger partial charge on any atom is -0.366 e. The van der Waals surface area contributed by atoms with Crippen molar-refractivity contribution in [1.82, 2.24) is 9.97 Å². The van der Waals surface area contributed by atoms with Gasteiger partial charge >= 0.3 is 0 Å². The third kappa shape index (κ3) is 3.54. The van der Waals surface area contributed by atoms with E-state index in [1.807, 2.05) is 13.0 Å². The predicted molar refractivity (Wildman–Crippen MR) is 107 cm³/mol. The fourth-order valence-electron chi connectivity index (χ4n) is 3.52. The standard InChI is InChI=1S/C22H24N4/c1-16-7-5-8-18(13-16)15-23-21-14-17(2)24-22(25-21)26-12-6-10-19-9-3-4-11-20(19)26/h3-5,7-9,11,13-14H,6,10,12,15H2,1-2H3,(H,23,24,25). The molecule has 4 heteroatoms. The van der Waals surface area contributed by atoms with Crippen LogP contribution in [0.1, 0.15) is 28.8 Å². The van der Waals surface area contributed by atoms with E-state index in [4.69, 9.17) is 9.97 Å². The molecule has 0 saturated heterocycles. The van der Waals surface area contributed by atoms with Gasteiger partial charge in [0.15, 0.2) is 0 Å². The van der Waals surface area contributed by atoms with Gasteiger partial charge in [-0.2, -0.15) is 4.98 Å². The highest BCUT2D eigenvalue weighted by molar-refractivity contribution is 5.64. The molecule has 0 aliphatic carbocycles. The molecule has 1 aliphatic rings. The normalized spacial score (nSPS) is 13.4. The van der Waals surface area contributed by atoms with Crippen molar-refractivity contribution in [2.45, 2.75) is 33.2 Å². The average Bonchev–Trinajstić information content (AvgIpc) is 2.65. The van der Waals surface area contributed by atoms with E-state index in [2.05, 4.69) is 65.7 Å². The van der Waals surface area contributed by atoms with Gasteiger partial charge in [0, 0.05) is 30.5 Å². The van der Waals surface area contributed by atoms with Crippen LogP contribution in [0.4, 0.5) is 17.5 Å². The zero-order chi connectivity index (χ0) is 17.9. The second-order valence-electron chi connectivity index (χ2n) is 6.92. The number of nitrogens with one attached hydrogen (secondary N) is 1.